The van der Waals surface area contributed by atoms with E-state index in [9.17, 15) is 14.4 Å². The SMILES string of the molecule is CCCc1ccccc1Nc1nc(Nc2cc(C)c(C3CCNCC3)cc2OC(C)C)ncc1Cl.CCc1cc2c(cc1N1CCC(N3CCOCC3)CC1)C(C)(C)C1Cc3cc(C#N)ccc3C1C2=O.C[C@@H](Oc1cc(-c2cnn(C3CCNCC3)c2)cnc1N)c1c(Cl)ccc(F)c1Cl. The number of hydrogen-bond acceptors (Lipinski definition) is 16. The number of ketones is 1. The van der Waals surface area contributed by atoms with Gasteiger partial charge in [0.05, 0.1) is 66.0 Å². The summed E-state index contributed by atoms with van der Waals surface area (Å²) in [5.41, 5.74) is 21.5. The number of nitrogens with two attached hydrogens (primary N) is 1. The van der Waals surface area contributed by atoms with Crippen LogP contribution in [0.25, 0.3) is 11.1 Å². The van der Waals surface area contributed by atoms with Crippen LogP contribution in [0.3, 0.4) is 0 Å². The standard InChI is InChI=1S/C31H37N3O2.C28H36ClN5O.C21H22Cl2FN5O/c1-4-21-16-25-26(18-28(21)34-9-7-23(8-10-34)33-11-13-36-14-12-33)31(2,3)27-17-22-15-20(19-32)5-6-24(22)29(27)30(25)35;1-5-8-21-9-6-7-10-24(21)32-27-23(29)17-31-28(34-27)33-25-15-19(4)22(16-26(25)35-18(2)3)20-11-13-30-14-12-20;1-12(19-16(22)2-3-17(24)20(19)23)30-18-8-13(9-27-21(18)25)14-10-28-29(11-14)15-4-6-26-7-5-15/h5-6,15-16,18,23,27,29H,4,7-14,17H2,1-3H3;6-7,9-10,15-18,20,30H,5,8,11-14H2,1-4H3,(H2,31,32,33,34);2-3,8-12,15,26H,4-7H2,1H3,(H2,25,27)/t;;12-/m..1/s1. The van der Waals surface area contributed by atoms with Crippen molar-refractivity contribution in [2.75, 3.05) is 86.8 Å². The number of ether oxygens (including phenoxy) is 3. The van der Waals surface area contributed by atoms with Crippen molar-refractivity contribution in [1.82, 2.24) is 40.3 Å². The smallest absolute Gasteiger partial charge is 0.229 e. The molecular formula is C80H95Cl3FN13O4. The largest absolute Gasteiger partial charge is 0.489 e. The maximum absolute atomic E-state index is 14.0. The van der Waals surface area contributed by atoms with Crippen molar-refractivity contribution >= 4 is 75.2 Å². The third-order valence-corrected chi connectivity index (χ3v) is 22.2. The molecule has 2 aliphatic carbocycles. The molecule has 0 amide bonds. The predicted octanol–water partition coefficient (Wildman–Crippen LogP) is 17.0. The summed E-state index contributed by atoms with van der Waals surface area (Å²) in [4.78, 5) is 32.6. The Hall–Kier alpha value is -7.86. The maximum atomic E-state index is 14.0. The molecule has 14 rings (SSSR count). The van der Waals surface area contributed by atoms with Crippen LogP contribution in [0.1, 0.15) is 178 Å². The number of piperidine rings is 3. The van der Waals surface area contributed by atoms with Crippen LogP contribution in [0.5, 0.6) is 11.5 Å². The lowest BCUT2D eigenvalue weighted by molar-refractivity contribution is 0.0115. The van der Waals surface area contributed by atoms with Gasteiger partial charge in [0.2, 0.25) is 5.95 Å². The first kappa shape index (κ1) is 72.9. The molecule has 4 aliphatic heterocycles. The van der Waals surface area contributed by atoms with Crippen LogP contribution in [0.2, 0.25) is 15.1 Å². The number of carbonyl (C=O) groups is 1. The number of nitrogen functional groups attached to an aromatic ring is 1. The summed E-state index contributed by atoms with van der Waals surface area (Å²) in [5.74, 6) is 2.83. The third-order valence-electron chi connectivity index (χ3n) is 21.2. The number of rotatable bonds is 17. The van der Waals surface area contributed by atoms with Gasteiger partial charge < -0.3 is 46.1 Å². The van der Waals surface area contributed by atoms with Crippen LogP contribution < -0.4 is 41.4 Å². The topological polar surface area (TPSA) is 206 Å². The highest BCUT2D eigenvalue weighted by atomic mass is 35.5. The number of benzene rings is 5. The molecular weight excluding hydrogens is 1330 g/mol. The summed E-state index contributed by atoms with van der Waals surface area (Å²) in [7, 11) is 0. The van der Waals surface area contributed by atoms with Gasteiger partial charge in [0.15, 0.2) is 23.2 Å². The van der Waals surface area contributed by atoms with Gasteiger partial charge in [-0.3, -0.25) is 14.4 Å². The fourth-order valence-corrected chi connectivity index (χ4v) is 16.5. The van der Waals surface area contributed by atoms with E-state index in [0.717, 1.165) is 156 Å². The molecule has 101 heavy (non-hydrogen) atoms. The van der Waals surface area contributed by atoms with E-state index in [4.69, 9.17) is 59.7 Å². The average molecular weight is 1430 g/mol. The Labute approximate surface area is 609 Å². The number of halogens is 4. The summed E-state index contributed by atoms with van der Waals surface area (Å²) in [6.07, 6.45) is 17.1. The van der Waals surface area contributed by atoms with Crippen LogP contribution in [-0.2, 0) is 29.4 Å². The van der Waals surface area contributed by atoms with Gasteiger partial charge in [-0.05, 0) is 229 Å². The first-order chi connectivity index (χ1) is 48.8. The van der Waals surface area contributed by atoms with Gasteiger partial charge in [0.1, 0.15) is 22.7 Å². The minimum atomic E-state index is -0.627. The van der Waals surface area contributed by atoms with Crippen LogP contribution in [-0.4, -0.2) is 113 Å². The highest BCUT2D eigenvalue weighted by Crippen LogP contribution is 2.55. The Balaban J connectivity index is 0.000000144. The maximum Gasteiger partial charge on any atom is 0.229 e. The molecule has 4 fully saturated rings. The zero-order chi connectivity index (χ0) is 71.1. The second kappa shape index (κ2) is 32.6. The molecule has 21 heteroatoms. The molecule has 17 nitrogen and oxygen atoms in total. The number of hydrogen-bond donors (Lipinski definition) is 5. The summed E-state index contributed by atoms with van der Waals surface area (Å²) in [6.45, 7) is 27.1. The van der Waals surface area contributed by atoms with Crippen LogP contribution >= 0.6 is 34.8 Å². The zero-order valence-corrected chi connectivity index (χ0v) is 61.6. The number of Topliss-reactive ketones (excluding diaryl/α,β-unsaturated/α-hetero) is 1. The molecule has 0 spiro atoms. The van der Waals surface area contributed by atoms with Crippen molar-refractivity contribution in [3.8, 4) is 28.7 Å². The first-order valence-electron chi connectivity index (χ1n) is 36.1. The fraction of sp³-hybridized carbons (Fsp3) is 0.450. The second-order valence-corrected chi connectivity index (χ2v) is 29.6. The Morgan fingerprint density at radius 2 is 1.52 bits per heavy atom. The highest BCUT2D eigenvalue weighted by Gasteiger charge is 2.51. The van der Waals surface area contributed by atoms with Crippen molar-refractivity contribution < 1.29 is 23.4 Å². The van der Waals surface area contributed by atoms with Gasteiger partial charge in [-0.1, -0.05) is 93.2 Å². The summed E-state index contributed by atoms with van der Waals surface area (Å²) in [6, 6.07) is 30.9. The Morgan fingerprint density at radius 1 is 0.782 bits per heavy atom. The van der Waals surface area contributed by atoms with E-state index in [1.165, 1.54) is 64.0 Å². The van der Waals surface area contributed by atoms with Gasteiger partial charge >= 0.3 is 0 Å². The number of para-hydroxylation sites is 1. The molecule has 4 saturated heterocycles. The van der Waals surface area contributed by atoms with Crippen molar-refractivity contribution in [3.05, 3.63) is 186 Å². The van der Waals surface area contributed by atoms with Gasteiger partial charge in [0, 0.05) is 83.3 Å². The molecule has 0 saturated carbocycles. The molecule has 6 N–H and O–H groups in total. The number of aryl methyl sites for hydroxylation is 3. The number of carbonyl (C=O) groups excluding carboxylic acids is 1. The van der Waals surface area contributed by atoms with Crippen LogP contribution in [0, 0.1) is 30.0 Å². The lowest BCUT2D eigenvalue weighted by atomic mass is 9.60. The van der Waals surface area contributed by atoms with E-state index in [2.05, 4.69) is 123 Å². The average Bonchev–Trinajstić information content (AvgIpc) is 1.64. The number of morpholine rings is 1. The van der Waals surface area contributed by atoms with E-state index in [0.29, 0.717) is 56.7 Å². The van der Waals surface area contributed by atoms with E-state index in [-0.39, 0.29) is 40.0 Å². The van der Waals surface area contributed by atoms with Gasteiger partial charge in [-0.15, -0.1) is 0 Å². The quantitative estimate of drug-likeness (QED) is 0.0538. The number of pyridine rings is 1. The van der Waals surface area contributed by atoms with Gasteiger partial charge in [0.25, 0.3) is 0 Å². The molecule has 2 unspecified atom stereocenters. The number of nitrogens with zero attached hydrogens (tertiary/aromatic N) is 8. The molecule has 0 bridgehead atoms. The summed E-state index contributed by atoms with van der Waals surface area (Å²) in [5, 5.41) is 28.2. The van der Waals surface area contributed by atoms with Crippen LogP contribution in [0.15, 0.2) is 110 Å². The first-order valence-corrected chi connectivity index (χ1v) is 37.2. The van der Waals surface area contributed by atoms with E-state index in [1.54, 1.807) is 25.4 Å². The summed E-state index contributed by atoms with van der Waals surface area (Å²) >= 11 is 18.8. The molecule has 3 atom stereocenters. The molecule has 532 valence electrons. The highest BCUT2D eigenvalue weighted by molar-refractivity contribution is 6.36. The lowest BCUT2D eigenvalue weighted by Gasteiger charge is -2.44. The number of nitrogens with one attached hydrogen (secondary N) is 4. The number of fused-ring (bicyclic) bond motifs is 4. The van der Waals surface area contributed by atoms with Crippen molar-refractivity contribution in [1.29, 1.82) is 5.26 Å². The molecule has 3 aromatic heterocycles. The normalized spacial score (nSPS) is 18.8. The monoisotopic (exact) mass is 1430 g/mol. The minimum Gasteiger partial charge on any atom is -0.489 e. The molecule has 8 aromatic rings. The Bertz CT molecular complexity index is 4290. The molecule has 6 aliphatic rings. The van der Waals surface area contributed by atoms with Gasteiger partial charge in [-0.2, -0.15) is 15.3 Å². The fourth-order valence-electron chi connectivity index (χ4n) is 15.7. The van der Waals surface area contributed by atoms with Gasteiger partial charge in [-0.25, -0.2) is 14.4 Å². The van der Waals surface area contributed by atoms with Crippen molar-refractivity contribution in [3.63, 3.8) is 0 Å². The molecule has 7 heterocycles. The number of anilines is 6. The van der Waals surface area contributed by atoms with E-state index in [1.807, 2.05) is 61.3 Å². The molecule has 5 aromatic carbocycles. The van der Waals surface area contributed by atoms with E-state index >= 15 is 0 Å². The van der Waals surface area contributed by atoms with E-state index < -0.39 is 11.9 Å². The van der Waals surface area contributed by atoms with Crippen molar-refractivity contribution in [2.45, 2.75) is 161 Å². The lowest BCUT2D eigenvalue weighted by Crippen LogP contribution is -2.49. The predicted molar refractivity (Wildman–Crippen MR) is 404 cm³/mol. The molecule has 0 radical (unpaired) electrons. The minimum absolute atomic E-state index is 0.0533. The summed E-state index contributed by atoms with van der Waals surface area (Å²) < 4.78 is 33.6. The van der Waals surface area contributed by atoms with Crippen LogP contribution in [0.4, 0.5) is 39.0 Å². The second-order valence-electron chi connectivity index (χ2n) is 28.4. The van der Waals surface area contributed by atoms with Crippen molar-refractivity contribution in [2.24, 2.45) is 5.92 Å². The Morgan fingerprint density at radius 3 is 2.25 bits per heavy atom. The third kappa shape index (κ3) is 16.5. The number of aromatic nitrogens is 5. The number of nitriles is 1. The Kier molecular flexibility index (Phi) is 23.6. The zero-order valence-electron chi connectivity index (χ0n) is 59.4.